The Morgan fingerprint density at radius 1 is 0.955 bits per heavy atom. The van der Waals surface area contributed by atoms with Crippen molar-refractivity contribution in [1.29, 1.82) is 0 Å². The van der Waals surface area contributed by atoms with Crippen LogP contribution in [0.2, 0.25) is 0 Å². The largest absolute Gasteiger partial charge is 0.363 e. The van der Waals surface area contributed by atoms with Crippen molar-refractivity contribution in [1.82, 2.24) is 20.2 Å². The molecule has 2 heterocycles. The molecule has 0 aliphatic rings. The molecule has 0 fully saturated rings. The van der Waals surface area contributed by atoms with Crippen molar-refractivity contribution in [2.24, 2.45) is 0 Å². The van der Waals surface area contributed by atoms with E-state index in [1.165, 1.54) is 5.56 Å². The van der Waals surface area contributed by atoms with E-state index in [9.17, 15) is 0 Å². The lowest BCUT2D eigenvalue weighted by molar-refractivity contribution is 0.920. The number of benzene rings is 1. The van der Waals surface area contributed by atoms with Crippen LogP contribution in [0.5, 0.6) is 0 Å². The van der Waals surface area contributed by atoms with E-state index in [-0.39, 0.29) is 0 Å². The van der Waals surface area contributed by atoms with Gasteiger partial charge in [-0.1, -0.05) is 35.9 Å². The smallest absolute Gasteiger partial charge is 0.183 e. The molecule has 5 heteroatoms. The Kier molecular flexibility index (Phi) is 4.05. The lowest BCUT2D eigenvalue weighted by Crippen LogP contribution is -2.07. The molecular weight excluding hydrogens is 274 g/mol. The molecule has 110 valence electrons. The van der Waals surface area contributed by atoms with Gasteiger partial charge in [-0.25, -0.2) is 4.98 Å². The van der Waals surface area contributed by atoms with E-state index in [4.69, 9.17) is 0 Å². The fourth-order valence-corrected chi connectivity index (χ4v) is 2.05. The molecule has 0 unspecified atom stereocenters. The maximum atomic E-state index is 4.57. The molecule has 1 aromatic carbocycles. The number of pyridine rings is 1. The molecule has 0 saturated carbocycles. The SMILES string of the molecule is Cc1ccc(-c2nnc(C)c(NCc3ccccn3)n2)cc1. The molecule has 0 radical (unpaired) electrons. The fraction of sp³-hybridized carbons (Fsp3) is 0.176. The van der Waals surface area contributed by atoms with Gasteiger partial charge in [0.2, 0.25) is 0 Å². The standard InChI is InChI=1S/C17H17N5/c1-12-6-8-14(9-7-12)17-20-16(13(2)21-22-17)19-11-15-5-3-4-10-18-15/h3-10H,11H2,1-2H3,(H,19,20,22). The van der Waals surface area contributed by atoms with Gasteiger partial charge in [-0.05, 0) is 26.0 Å². The number of aromatic nitrogens is 4. The van der Waals surface area contributed by atoms with Crippen molar-refractivity contribution in [3.05, 3.63) is 65.6 Å². The zero-order chi connectivity index (χ0) is 15.4. The summed E-state index contributed by atoms with van der Waals surface area (Å²) in [5.41, 5.74) is 3.89. The first-order valence-electron chi connectivity index (χ1n) is 7.14. The molecule has 0 atom stereocenters. The third-order valence-electron chi connectivity index (χ3n) is 3.33. The van der Waals surface area contributed by atoms with E-state index in [0.717, 1.165) is 22.8 Å². The molecule has 0 amide bonds. The lowest BCUT2D eigenvalue weighted by Gasteiger charge is -2.08. The van der Waals surface area contributed by atoms with Crippen molar-refractivity contribution in [2.45, 2.75) is 20.4 Å². The molecule has 22 heavy (non-hydrogen) atoms. The first-order valence-corrected chi connectivity index (χ1v) is 7.14. The van der Waals surface area contributed by atoms with Gasteiger partial charge in [0.1, 0.15) is 5.69 Å². The van der Waals surface area contributed by atoms with Gasteiger partial charge >= 0.3 is 0 Å². The van der Waals surface area contributed by atoms with E-state index in [1.807, 2.05) is 49.4 Å². The van der Waals surface area contributed by atoms with Gasteiger partial charge in [-0.15, -0.1) is 10.2 Å². The Hall–Kier alpha value is -2.82. The lowest BCUT2D eigenvalue weighted by atomic mass is 10.1. The molecule has 0 aliphatic carbocycles. The minimum absolute atomic E-state index is 0.605. The van der Waals surface area contributed by atoms with Crippen LogP contribution < -0.4 is 5.32 Å². The van der Waals surface area contributed by atoms with Gasteiger partial charge in [0.05, 0.1) is 12.2 Å². The minimum atomic E-state index is 0.605. The Labute approximate surface area is 129 Å². The summed E-state index contributed by atoms with van der Waals surface area (Å²) in [5, 5.41) is 11.6. The summed E-state index contributed by atoms with van der Waals surface area (Å²) in [6.45, 7) is 4.55. The average Bonchev–Trinajstić information content (AvgIpc) is 2.56. The number of hydrogen-bond donors (Lipinski definition) is 1. The Morgan fingerprint density at radius 3 is 2.50 bits per heavy atom. The Balaban J connectivity index is 1.82. The normalized spacial score (nSPS) is 10.5. The van der Waals surface area contributed by atoms with Gasteiger partial charge in [0.25, 0.3) is 0 Å². The summed E-state index contributed by atoms with van der Waals surface area (Å²) in [4.78, 5) is 8.86. The molecule has 3 rings (SSSR count). The number of aryl methyl sites for hydroxylation is 2. The van der Waals surface area contributed by atoms with E-state index in [1.54, 1.807) is 6.20 Å². The van der Waals surface area contributed by atoms with Crippen LogP contribution in [0.15, 0.2) is 48.7 Å². The van der Waals surface area contributed by atoms with Crippen molar-refractivity contribution in [2.75, 3.05) is 5.32 Å². The Bertz CT molecular complexity index is 754. The van der Waals surface area contributed by atoms with Gasteiger partial charge in [0.15, 0.2) is 11.6 Å². The summed E-state index contributed by atoms with van der Waals surface area (Å²) < 4.78 is 0. The number of anilines is 1. The predicted molar refractivity (Wildman–Crippen MR) is 86.3 cm³/mol. The highest BCUT2D eigenvalue weighted by molar-refractivity contribution is 5.57. The highest BCUT2D eigenvalue weighted by Gasteiger charge is 2.07. The molecule has 5 nitrogen and oxygen atoms in total. The Morgan fingerprint density at radius 2 is 1.77 bits per heavy atom. The zero-order valence-electron chi connectivity index (χ0n) is 12.6. The van der Waals surface area contributed by atoms with E-state index in [0.29, 0.717) is 12.4 Å². The topological polar surface area (TPSA) is 63.6 Å². The van der Waals surface area contributed by atoms with Crippen molar-refractivity contribution >= 4 is 5.82 Å². The molecule has 1 N–H and O–H groups in total. The van der Waals surface area contributed by atoms with Crippen LogP contribution in [0.4, 0.5) is 5.82 Å². The zero-order valence-corrected chi connectivity index (χ0v) is 12.6. The molecule has 0 saturated heterocycles. The first-order chi connectivity index (χ1) is 10.7. The molecule has 0 bridgehead atoms. The monoisotopic (exact) mass is 291 g/mol. The van der Waals surface area contributed by atoms with E-state index in [2.05, 4.69) is 32.4 Å². The minimum Gasteiger partial charge on any atom is -0.363 e. The summed E-state index contributed by atoms with van der Waals surface area (Å²) in [5.74, 6) is 1.35. The number of nitrogens with one attached hydrogen (secondary N) is 1. The van der Waals surface area contributed by atoms with Gasteiger partial charge < -0.3 is 5.32 Å². The summed E-state index contributed by atoms with van der Waals surface area (Å²) in [6.07, 6.45) is 1.78. The van der Waals surface area contributed by atoms with Crippen LogP contribution in [0.25, 0.3) is 11.4 Å². The van der Waals surface area contributed by atoms with Gasteiger partial charge in [-0.3, -0.25) is 4.98 Å². The number of rotatable bonds is 4. The van der Waals surface area contributed by atoms with Gasteiger partial charge in [-0.2, -0.15) is 0 Å². The highest BCUT2D eigenvalue weighted by atomic mass is 15.2. The third kappa shape index (κ3) is 3.25. The van der Waals surface area contributed by atoms with E-state index >= 15 is 0 Å². The second-order valence-corrected chi connectivity index (χ2v) is 5.11. The summed E-state index contributed by atoms with van der Waals surface area (Å²) in [7, 11) is 0. The number of nitrogens with zero attached hydrogens (tertiary/aromatic N) is 4. The quantitative estimate of drug-likeness (QED) is 0.800. The second-order valence-electron chi connectivity index (χ2n) is 5.11. The van der Waals surface area contributed by atoms with Crippen LogP contribution in [0.3, 0.4) is 0 Å². The molecule has 2 aromatic heterocycles. The van der Waals surface area contributed by atoms with Crippen LogP contribution in [-0.2, 0) is 6.54 Å². The summed E-state index contributed by atoms with van der Waals surface area (Å²) >= 11 is 0. The predicted octanol–water partition coefficient (Wildman–Crippen LogP) is 3.16. The maximum Gasteiger partial charge on any atom is 0.183 e. The molecule has 3 aromatic rings. The van der Waals surface area contributed by atoms with Crippen molar-refractivity contribution in [3.63, 3.8) is 0 Å². The van der Waals surface area contributed by atoms with Crippen LogP contribution in [0.1, 0.15) is 17.0 Å². The van der Waals surface area contributed by atoms with Gasteiger partial charge in [0, 0.05) is 11.8 Å². The van der Waals surface area contributed by atoms with Crippen LogP contribution in [0, 0.1) is 13.8 Å². The maximum absolute atomic E-state index is 4.57. The average molecular weight is 291 g/mol. The highest BCUT2D eigenvalue weighted by Crippen LogP contribution is 2.18. The van der Waals surface area contributed by atoms with Crippen molar-refractivity contribution < 1.29 is 0 Å². The fourth-order valence-electron chi connectivity index (χ4n) is 2.05. The molecular formula is C17H17N5. The molecule has 0 aliphatic heterocycles. The number of hydrogen-bond acceptors (Lipinski definition) is 5. The second kappa shape index (κ2) is 6.30. The van der Waals surface area contributed by atoms with Crippen LogP contribution in [-0.4, -0.2) is 20.2 Å². The van der Waals surface area contributed by atoms with Crippen molar-refractivity contribution in [3.8, 4) is 11.4 Å². The summed E-state index contributed by atoms with van der Waals surface area (Å²) in [6, 6.07) is 13.9. The first kappa shape index (κ1) is 14.1. The third-order valence-corrected chi connectivity index (χ3v) is 3.33. The van der Waals surface area contributed by atoms with E-state index < -0.39 is 0 Å². The molecule has 0 spiro atoms. The van der Waals surface area contributed by atoms with Crippen LogP contribution >= 0.6 is 0 Å².